The fourth-order valence-electron chi connectivity index (χ4n) is 2.47. The van der Waals surface area contributed by atoms with E-state index in [2.05, 4.69) is 25.0 Å². The SMILES string of the molecule is CCCN[Si](C)(C)CC1CCCC1. The molecule has 0 aliphatic heterocycles. The van der Waals surface area contributed by atoms with Gasteiger partial charge in [-0.1, -0.05) is 45.7 Å². The minimum atomic E-state index is -1.04. The second-order valence-corrected chi connectivity index (χ2v) is 9.69. The van der Waals surface area contributed by atoms with Gasteiger partial charge in [-0.05, 0) is 24.9 Å². The van der Waals surface area contributed by atoms with Gasteiger partial charge in [-0.25, -0.2) is 0 Å². The smallest absolute Gasteiger partial charge is 0.119 e. The molecule has 1 rings (SSSR count). The van der Waals surface area contributed by atoms with Crippen LogP contribution < -0.4 is 4.98 Å². The molecule has 1 N–H and O–H groups in total. The van der Waals surface area contributed by atoms with Gasteiger partial charge in [0.15, 0.2) is 0 Å². The molecule has 0 aromatic heterocycles. The zero-order chi connectivity index (χ0) is 9.73. The van der Waals surface area contributed by atoms with Crippen LogP contribution in [0.2, 0.25) is 19.1 Å². The van der Waals surface area contributed by atoms with Crippen LogP contribution in [0.15, 0.2) is 0 Å². The van der Waals surface area contributed by atoms with Crippen molar-refractivity contribution >= 4 is 8.24 Å². The Morgan fingerprint density at radius 2 is 1.85 bits per heavy atom. The first-order valence-electron chi connectivity index (χ1n) is 5.89. The Bertz CT molecular complexity index is 139. The quantitative estimate of drug-likeness (QED) is 0.669. The second kappa shape index (κ2) is 5.16. The number of hydrogen-bond donors (Lipinski definition) is 1. The third kappa shape index (κ3) is 4.27. The van der Waals surface area contributed by atoms with E-state index in [9.17, 15) is 0 Å². The van der Waals surface area contributed by atoms with E-state index in [1.165, 1.54) is 44.7 Å². The lowest BCUT2D eigenvalue weighted by molar-refractivity contribution is 0.594. The van der Waals surface area contributed by atoms with Gasteiger partial charge >= 0.3 is 0 Å². The monoisotopic (exact) mass is 199 g/mol. The molecule has 1 saturated carbocycles. The van der Waals surface area contributed by atoms with Crippen LogP contribution in [0.4, 0.5) is 0 Å². The van der Waals surface area contributed by atoms with Crippen LogP contribution in [0.1, 0.15) is 39.0 Å². The summed E-state index contributed by atoms with van der Waals surface area (Å²) in [4.78, 5) is 3.77. The Hall–Kier alpha value is 0.177. The Morgan fingerprint density at radius 3 is 2.38 bits per heavy atom. The van der Waals surface area contributed by atoms with E-state index in [4.69, 9.17) is 0 Å². The van der Waals surface area contributed by atoms with Crippen molar-refractivity contribution in [3.8, 4) is 0 Å². The van der Waals surface area contributed by atoms with E-state index in [-0.39, 0.29) is 0 Å². The molecule has 13 heavy (non-hydrogen) atoms. The molecule has 1 nitrogen and oxygen atoms in total. The van der Waals surface area contributed by atoms with E-state index < -0.39 is 8.24 Å². The standard InChI is InChI=1S/C11H25NSi/c1-4-9-12-13(2,3)10-11-7-5-6-8-11/h11-12H,4-10H2,1-3H3. The van der Waals surface area contributed by atoms with Crippen molar-refractivity contribution in [1.82, 2.24) is 4.98 Å². The second-order valence-electron chi connectivity index (χ2n) is 5.17. The molecule has 1 aliphatic carbocycles. The normalized spacial score (nSPS) is 19.6. The van der Waals surface area contributed by atoms with Gasteiger partial charge in [-0.2, -0.15) is 0 Å². The Kier molecular flexibility index (Phi) is 4.46. The van der Waals surface area contributed by atoms with Gasteiger partial charge in [0.05, 0.1) is 0 Å². The maximum atomic E-state index is 3.77. The highest BCUT2D eigenvalue weighted by atomic mass is 28.3. The van der Waals surface area contributed by atoms with Crippen LogP contribution in [0.5, 0.6) is 0 Å². The van der Waals surface area contributed by atoms with Gasteiger partial charge in [0, 0.05) is 0 Å². The van der Waals surface area contributed by atoms with E-state index in [1.807, 2.05) is 0 Å². The molecule has 0 saturated heterocycles. The van der Waals surface area contributed by atoms with Crippen molar-refractivity contribution in [2.45, 2.75) is 58.2 Å². The van der Waals surface area contributed by atoms with Crippen LogP contribution in [0.25, 0.3) is 0 Å². The molecular formula is C11H25NSi. The minimum absolute atomic E-state index is 1.04. The summed E-state index contributed by atoms with van der Waals surface area (Å²) in [6, 6.07) is 1.51. The average Bonchev–Trinajstić information content (AvgIpc) is 2.52. The molecule has 0 heterocycles. The molecule has 0 spiro atoms. The predicted molar refractivity (Wildman–Crippen MR) is 62.5 cm³/mol. The highest BCUT2D eigenvalue weighted by Gasteiger charge is 2.26. The van der Waals surface area contributed by atoms with Gasteiger partial charge in [-0.3, -0.25) is 0 Å². The molecule has 0 bridgehead atoms. The van der Waals surface area contributed by atoms with Crippen molar-refractivity contribution in [1.29, 1.82) is 0 Å². The maximum Gasteiger partial charge on any atom is 0.119 e. The van der Waals surface area contributed by atoms with Crippen LogP contribution in [0, 0.1) is 5.92 Å². The molecular weight excluding hydrogens is 174 g/mol. The summed E-state index contributed by atoms with van der Waals surface area (Å²) in [5.41, 5.74) is 0. The summed E-state index contributed by atoms with van der Waals surface area (Å²) in [5.74, 6) is 1.06. The molecule has 2 heteroatoms. The lowest BCUT2D eigenvalue weighted by Gasteiger charge is -2.26. The van der Waals surface area contributed by atoms with Crippen molar-refractivity contribution < 1.29 is 0 Å². The van der Waals surface area contributed by atoms with Crippen molar-refractivity contribution in [3.63, 3.8) is 0 Å². The molecule has 0 unspecified atom stereocenters. The lowest BCUT2D eigenvalue weighted by Crippen LogP contribution is -2.46. The van der Waals surface area contributed by atoms with Gasteiger partial charge in [-0.15, -0.1) is 0 Å². The molecule has 1 aliphatic rings. The molecule has 0 aromatic rings. The van der Waals surface area contributed by atoms with E-state index in [1.54, 1.807) is 0 Å². The minimum Gasteiger partial charge on any atom is -0.337 e. The molecule has 0 amide bonds. The van der Waals surface area contributed by atoms with E-state index >= 15 is 0 Å². The van der Waals surface area contributed by atoms with Crippen LogP contribution in [-0.2, 0) is 0 Å². The van der Waals surface area contributed by atoms with Crippen molar-refractivity contribution in [2.75, 3.05) is 6.54 Å². The average molecular weight is 199 g/mol. The van der Waals surface area contributed by atoms with Crippen LogP contribution in [0.3, 0.4) is 0 Å². The Labute approximate surface area is 84.4 Å². The predicted octanol–water partition coefficient (Wildman–Crippen LogP) is 3.38. The fraction of sp³-hybridized carbons (Fsp3) is 1.00. The van der Waals surface area contributed by atoms with Crippen LogP contribution in [-0.4, -0.2) is 14.8 Å². The van der Waals surface area contributed by atoms with Gasteiger partial charge in [0.2, 0.25) is 0 Å². The summed E-state index contributed by atoms with van der Waals surface area (Å²) in [5, 5.41) is 0. The third-order valence-electron chi connectivity index (χ3n) is 3.13. The van der Waals surface area contributed by atoms with Crippen molar-refractivity contribution in [2.24, 2.45) is 5.92 Å². The summed E-state index contributed by atoms with van der Waals surface area (Å²) in [7, 11) is -1.04. The van der Waals surface area contributed by atoms with Crippen molar-refractivity contribution in [3.05, 3.63) is 0 Å². The largest absolute Gasteiger partial charge is 0.337 e. The fourth-order valence-corrected chi connectivity index (χ4v) is 5.39. The van der Waals surface area contributed by atoms with E-state index in [0.717, 1.165) is 5.92 Å². The maximum absolute atomic E-state index is 3.77. The molecule has 0 atom stereocenters. The highest BCUT2D eigenvalue weighted by Crippen LogP contribution is 2.31. The lowest BCUT2D eigenvalue weighted by atomic mass is 10.1. The number of hydrogen-bond acceptors (Lipinski definition) is 1. The van der Waals surface area contributed by atoms with Gasteiger partial charge in [0.25, 0.3) is 0 Å². The highest BCUT2D eigenvalue weighted by molar-refractivity contribution is 6.75. The van der Waals surface area contributed by atoms with E-state index in [0.29, 0.717) is 0 Å². The third-order valence-corrected chi connectivity index (χ3v) is 5.93. The number of nitrogens with one attached hydrogen (secondary N) is 1. The first kappa shape index (κ1) is 11.3. The topological polar surface area (TPSA) is 12.0 Å². The summed E-state index contributed by atoms with van der Waals surface area (Å²) >= 11 is 0. The molecule has 78 valence electrons. The summed E-state index contributed by atoms with van der Waals surface area (Å²) in [6.07, 6.45) is 7.27. The first-order valence-corrected chi connectivity index (χ1v) is 9.10. The molecule has 1 fully saturated rings. The molecule has 0 aromatic carbocycles. The Morgan fingerprint density at radius 1 is 1.23 bits per heavy atom. The summed E-state index contributed by atoms with van der Waals surface area (Å²) < 4.78 is 0. The van der Waals surface area contributed by atoms with Gasteiger partial charge in [0.1, 0.15) is 8.24 Å². The Balaban J connectivity index is 2.23. The first-order chi connectivity index (χ1) is 6.14. The zero-order valence-electron chi connectivity index (χ0n) is 9.53. The number of rotatable bonds is 5. The zero-order valence-corrected chi connectivity index (χ0v) is 10.5. The summed E-state index contributed by atoms with van der Waals surface area (Å²) in [6.45, 7) is 8.46. The van der Waals surface area contributed by atoms with Crippen LogP contribution >= 0.6 is 0 Å². The molecule has 0 radical (unpaired) electrons. The van der Waals surface area contributed by atoms with Gasteiger partial charge < -0.3 is 4.98 Å².